The standard InChI is InChI=1S/C20H22N4O3/c1-12-5-4-6-15(13(12)2)23-19(25)16-14(3)27-20-17(16)18(21-11-22-20)24-7-9-26-10-8-24/h4-6,11H,7-10H2,1-3H3,(H,23,25). The average Bonchev–Trinajstić information content (AvgIpc) is 3.02. The van der Waals surface area contributed by atoms with E-state index >= 15 is 0 Å². The molecule has 0 spiro atoms. The molecule has 1 aliphatic heterocycles. The summed E-state index contributed by atoms with van der Waals surface area (Å²) in [5, 5.41) is 3.67. The smallest absolute Gasteiger partial charge is 0.260 e. The molecule has 7 nitrogen and oxygen atoms in total. The zero-order valence-electron chi connectivity index (χ0n) is 15.7. The number of anilines is 2. The molecule has 3 aromatic rings. The highest BCUT2D eigenvalue weighted by molar-refractivity contribution is 6.15. The number of rotatable bonds is 3. The van der Waals surface area contributed by atoms with Crippen LogP contribution in [-0.4, -0.2) is 42.2 Å². The van der Waals surface area contributed by atoms with Gasteiger partial charge >= 0.3 is 0 Å². The van der Waals surface area contributed by atoms with Gasteiger partial charge in [-0.25, -0.2) is 9.97 Å². The number of aryl methyl sites for hydroxylation is 2. The monoisotopic (exact) mass is 366 g/mol. The van der Waals surface area contributed by atoms with Crippen molar-refractivity contribution in [3.05, 3.63) is 47.0 Å². The zero-order valence-corrected chi connectivity index (χ0v) is 15.7. The molecule has 0 bridgehead atoms. The van der Waals surface area contributed by atoms with E-state index in [2.05, 4.69) is 20.2 Å². The zero-order chi connectivity index (χ0) is 19.0. The molecule has 1 aliphatic rings. The molecule has 0 radical (unpaired) electrons. The number of hydrogen-bond acceptors (Lipinski definition) is 6. The Morgan fingerprint density at radius 1 is 1.15 bits per heavy atom. The first-order valence-corrected chi connectivity index (χ1v) is 9.00. The summed E-state index contributed by atoms with van der Waals surface area (Å²) in [6.07, 6.45) is 1.47. The van der Waals surface area contributed by atoms with Gasteiger partial charge in [0.05, 0.1) is 24.2 Å². The lowest BCUT2D eigenvalue weighted by Crippen LogP contribution is -2.37. The van der Waals surface area contributed by atoms with E-state index in [-0.39, 0.29) is 5.91 Å². The Bertz CT molecular complexity index is 1010. The fourth-order valence-electron chi connectivity index (χ4n) is 3.39. The van der Waals surface area contributed by atoms with Gasteiger partial charge in [-0.2, -0.15) is 0 Å². The number of ether oxygens (including phenoxy) is 1. The number of amides is 1. The third-order valence-corrected chi connectivity index (χ3v) is 5.03. The van der Waals surface area contributed by atoms with Crippen LogP contribution in [0.2, 0.25) is 0 Å². The van der Waals surface area contributed by atoms with E-state index in [0.29, 0.717) is 54.5 Å². The second-order valence-electron chi connectivity index (χ2n) is 6.71. The second-order valence-corrected chi connectivity index (χ2v) is 6.71. The first kappa shape index (κ1) is 17.5. The van der Waals surface area contributed by atoms with Crippen molar-refractivity contribution in [2.24, 2.45) is 0 Å². The molecule has 1 fully saturated rings. The Balaban J connectivity index is 1.77. The van der Waals surface area contributed by atoms with E-state index in [1.807, 2.05) is 32.0 Å². The lowest BCUT2D eigenvalue weighted by molar-refractivity contribution is 0.102. The van der Waals surface area contributed by atoms with Crippen molar-refractivity contribution in [1.29, 1.82) is 0 Å². The first-order valence-electron chi connectivity index (χ1n) is 9.00. The topological polar surface area (TPSA) is 80.5 Å². The minimum Gasteiger partial charge on any atom is -0.442 e. The Kier molecular flexibility index (Phi) is 4.53. The highest BCUT2D eigenvalue weighted by atomic mass is 16.5. The van der Waals surface area contributed by atoms with Crippen molar-refractivity contribution in [1.82, 2.24) is 9.97 Å². The molecule has 140 valence electrons. The number of nitrogens with one attached hydrogen (secondary N) is 1. The van der Waals surface area contributed by atoms with Gasteiger partial charge in [-0.15, -0.1) is 0 Å². The number of morpholine rings is 1. The molecular formula is C20H22N4O3. The molecule has 1 aromatic carbocycles. The summed E-state index contributed by atoms with van der Waals surface area (Å²) in [5.41, 5.74) is 3.86. The van der Waals surface area contributed by atoms with Crippen LogP contribution in [0.25, 0.3) is 11.1 Å². The van der Waals surface area contributed by atoms with Gasteiger partial charge < -0.3 is 19.4 Å². The van der Waals surface area contributed by atoms with Crippen LogP contribution in [0.15, 0.2) is 28.9 Å². The number of furan rings is 1. The molecule has 27 heavy (non-hydrogen) atoms. The number of benzene rings is 1. The van der Waals surface area contributed by atoms with Gasteiger partial charge in [0.25, 0.3) is 5.91 Å². The van der Waals surface area contributed by atoms with E-state index in [1.165, 1.54) is 6.33 Å². The Morgan fingerprint density at radius 3 is 2.70 bits per heavy atom. The highest BCUT2D eigenvalue weighted by Crippen LogP contribution is 2.32. The maximum atomic E-state index is 13.1. The predicted octanol–water partition coefficient (Wildman–Crippen LogP) is 3.24. The van der Waals surface area contributed by atoms with Crippen LogP contribution < -0.4 is 10.2 Å². The van der Waals surface area contributed by atoms with Gasteiger partial charge in [0.1, 0.15) is 17.9 Å². The lowest BCUT2D eigenvalue weighted by Gasteiger charge is -2.28. The summed E-state index contributed by atoms with van der Waals surface area (Å²) < 4.78 is 11.2. The molecule has 1 N–H and O–H groups in total. The summed E-state index contributed by atoms with van der Waals surface area (Å²) in [7, 11) is 0. The summed E-state index contributed by atoms with van der Waals surface area (Å²) in [6, 6.07) is 5.85. The fourth-order valence-corrected chi connectivity index (χ4v) is 3.39. The summed E-state index contributed by atoms with van der Waals surface area (Å²) in [4.78, 5) is 23.9. The van der Waals surface area contributed by atoms with Gasteiger partial charge in [-0.1, -0.05) is 12.1 Å². The lowest BCUT2D eigenvalue weighted by atomic mass is 10.1. The molecule has 0 unspecified atom stereocenters. The normalized spacial score (nSPS) is 14.6. The SMILES string of the molecule is Cc1cccc(NC(=O)c2c(C)oc3ncnc(N4CCOCC4)c23)c1C. The van der Waals surface area contributed by atoms with Gasteiger partial charge in [-0.05, 0) is 38.0 Å². The Morgan fingerprint density at radius 2 is 1.93 bits per heavy atom. The molecule has 0 aliphatic carbocycles. The van der Waals surface area contributed by atoms with Crippen LogP contribution in [0.1, 0.15) is 27.2 Å². The quantitative estimate of drug-likeness (QED) is 0.766. The number of nitrogens with zero attached hydrogens (tertiary/aromatic N) is 3. The second kappa shape index (κ2) is 7.00. The molecule has 4 rings (SSSR count). The average molecular weight is 366 g/mol. The molecule has 7 heteroatoms. The maximum absolute atomic E-state index is 13.1. The van der Waals surface area contributed by atoms with E-state index in [1.54, 1.807) is 6.92 Å². The number of carbonyl (C=O) groups excluding carboxylic acids is 1. The van der Waals surface area contributed by atoms with Gasteiger partial charge in [-0.3, -0.25) is 4.79 Å². The molecule has 0 atom stereocenters. The van der Waals surface area contributed by atoms with Crippen LogP contribution in [-0.2, 0) is 4.74 Å². The number of aromatic nitrogens is 2. The van der Waals surface area contributed by atoms with Gasteiger partial charge in [0.2, 0.25) is 5.71 Å². The fraction of sp³-hybridized carbons (Fsp3) is 0.350. The van der Waals surface area contributed by atoms with Crippen LogP contribution >= 0.6 is 0 Å². The molecule has 0 saturated carbocycles. The summed E-state index contributed by atoms with van der Waals surface area (Å²) in [6.45, 7) is 8.49. The van der Waals surface area contributed by atoms with Crippen LogP contribution in [0.4, 0.5) is 11.5 Å². The van der Waals surface area contributed by atoms with Crippen LogP contribution in [0, 0.1) is 20.8 Å². The predicted molar refractivity (Wildman–Crippen MR) is 103 cm³/mol. The minimum atomic E-state index is -0.218. The largest absolute Gasteiger partial charge is 0.442 e. The van der Waals surface area contributed by atoms with Gasteiger partial charge in [0, 0.05) is 18.8 Å². The van der Waals surface area contributed by atoms with E-state index in [4.69, 9.17) is 9.15 Å². The summed E-state index contributed by atoms with van der Waals surface area (Å²) >= 11 is 0. The van der Waals surface area contributed by atoms with E-state index in [9.17, 15) is 4.79 Å². The van der Waals surface area contributed by atoms with Crippen molar-refractivity contribution in [2.45, 2.75) is 20.8 Å². The molecule has 1 saturated heterocycles. The minimum absolute atomic E-state index is 0.218. The van der Waals surface area contributed by atoms with E-state index < -0.39 is 0 Å². The number of fused-ring (bicyclic) bond motifs is 1. The van der Waals surface area contributed by atoms with Crippen molar-refractivity contribution in [2.75, 3.05) is 36.5 Å². The Labute approximate surface area is 157 Å². The van der Waals surface area contributed by atoms with Crippen molar-refractivity contribution >= 4 is 28.5 Å². The third-order valence-electron chi connectivity index (χ3n) is 5.03. The highest BCUT2D eigenvalue weighted by Gasteiger charge is 2.26. The van der Waals surface area contributed by atoms with Crippen LogP contribution in [0.5, 0.6) is 0 Å². The van der Waals surface area contributed by atoms with Gasteiger partial charge in [0.15, 0.2) is 0 Å². The number of hydrogen-bond donors (Lipinski definition) is 1. The van der Waals surface area contributed by atoms with Crippen molar-refractivity contribution in [3.8, 4) is 0 Å². The molecule has 1 amide bonds. The van der Waals surface area contributed by atoms with Crippen molar-refractivity contribution < 1.29 is 13.9 Å². The first-order chi connectivity index (χ1) is 13.1. The maximum Gasteiger partial charge on any atom is 0.260 e. The van der Waals surface area contributed by atoms with Crippen molar-refractivity contribution in [3.63, 3.8) is 0 Å². The van der Waals surface area contributed by atoms with Crippen LogP contribution in [0.3, 0.4) is 0 Å². The molecule has 2 aromatic heterocycles. The Hall–Kier alpha value is -2.93. The van der Waals surface area contributed by atoms with E-state index in [0.717, 1.165) is 16.8 Å². The molecular weight excluding hydrogens is 344 g/mol. The summed E-state index contributed by atoms with van der Waals surface area (Å²) in [5.74, 6) is 1.03. The third kappa shape index (κ3) is 3.14. The number of carbonyl (C=O) groups is 1. The molecule has 3 heterocycles.